The minimum absolute atomic E-state index is 0.0102. The number of amides is 2. The van der Waals surface area contributed by atoms with Crippen molar-refractivity contribution in [2.45, 2.75) is 13.0 Å². The lowest BCUT2D eigenvalue weighted by Gasteiger charge is -2.34. The number of fused-ring (bicyclic) bond motifs is 3. The molecule has 5 nitrogen and oxygen atoms in total. The molecule has 3 aromatic rings. The zero-order chi connectivity index (χ0) is 19.6. The monoisotopic (exact) mass is 384 g/mol. The molecular weight excluding hydrogens is 360 g/mol. The number of aromatic nitrogens is 1. The van der Waals surface area contributed by atoms with Crippen LogP contribution < -0.4 is 5.32 Å². The fraction of sp³-hybridized carbons (Fsp3) is 0.250. The van der Waals surface area contributed by atoms with E-state index in [1.165, 1.54) is 27.8 Å². The van der Waals surface area contributed by atoms with Crippen LogP contribution in [-0.2, 0) is 13.0 Å². The highest BCUT2D eigenvalue weighted by atomic mass is 16.2. The van der Waals surface area contributed by atoms with Crippen molar-refractivity contribution in [2.24, 2.45) is 0 Å². The Morgan fingerprint density at radius 3 is 2.48 bits per heavy atom. The van der Waals surface area contributed by atoms with E-state index in [1.54, 1.807) is 0 Å². The average molecular weight is 384 g/mol. The lowest BCUT2D eigenvalue weighted by atomic mass is 10.1. The third kappa shape index (κ3) is 3.74. The van der Waals surface area contributed by atoms with Crippen LogP contribution in [0.25, 0.3) is 11.1 Å². The molecule has 1 aliphatic heterocycles. The number of nitrogens with zero attached hydrogens (tertiary/aromatic N) is 3. The molecule has 0 spiro atoms. The normalized spacial score (nSPS) is 15.7. The Bertz CT molecular complexity index is 1030. The van der Waals surface area contributed by atoms with Gasteiger partial charge in [0.25, 0.3) is 0 Å². The summed E-state index contributed by atoms with van der Waals surface area (Å²) in [6.45, 7) is 4.16. The van der Waals surface area contributed by atoms with E-state index < -0.39 is 0 Å². The van der Waals surface area contributed by atoms with Gasteiger partial charge in [0, 0.05) is 50.8 Å². The number of benzene rings is 2. The number of pyridine rings is 1. The SMILES string of the molecule is O=C(Nc1ccc2c(c1)Cc1ccccc1-2)N1CCN(Cc2ccncc2)CC1. The molecule has 2 aromatic carbocycles. The first-order valence-corrected chi connectivity index (χ1v) is 10.1. The van der Waals surface area contributed by atoms with Crippen LogP contribution >= 0.6 is 0 Å². The number of hydrogen-bond donors (Lipinski definition) is 1. The van der Waals surface area contributed by atoms with E-state index in [-0.39, 0.29) is 6.03 Å². The van der Waals surface area contributed by atoms with E-state index in [0.717, 1.165) is 44.8 Å². The van der Waals surface area contributed by atoms with E-state index in [2.05, 4.69) is 51.6 Å². The van der Waals surface area contributed by atoms with E-state index in [1.807, 2.05) is 35.5 Å². The molecule has 1 aliphatic carbocycles. The van der Waals surface area contributed by atoms with Crippen LogP contribution in [0.1, 0.15) is 16.7 Å². The lowest BCUT2D eigenvalue weighted by molar-refractivity contribution is 0.143. The van der Waals surface area contributed by atoms with Gasteiger partial charge in [-0.1, -0.05) is 30.3 Å². The maximum atomic E-state index is 12.7. The molecule has 1 saturated heterocycles. The van der Waals surface area contributed by atoms with Gasteiger partial charge in [-0.05, 0) is 58.5 Å². The van der Waals surface area contributed by atoms with Crippen molar-refractivity contribution >= 4 is 11.7 Å². The minimum Gasteiger partial charge on any atom is -0.322 e. The van der Waals surface area contributed by atoms with Crippen molar-refractivity contribution in [2.75, 3.05) is 31.5 Å². The second-order valence-corrected chi connectivity index (χ2v) is 7.75. The molecule has 1 N–H and O–H groups in total. The number of urea groups is 1. The molecule has 2 heterocycles. The van der Waals surface area contributed by atoms with Crippen LogP contribution in [-0.4, -0.2) is 47.0 Å². The van der Waals surface area contributed by atoms with Crippen molar-refractivity contribution in [3.05, 3.63) is 83.7 Å². The van der Waals surface area contributed by atoms with Crippen molar-refractivity contribution in [3.8, 4) is 11.1 Å². The fourth-order valence-corrected chi connectivity index (χ4v) is 4.28. The van der Waals surface area contributed by atoms with Crippen molar-refractivity contribution < 1.29 is 4.79 Å². The maximum absolute atomic E-state index is 12.7. The van der Waals surface area contributed by atoms with Crippen molar-refractivity contribution in [1.29, 1.82) is 0 Å². The Hall–Kier alpha value is -3.18. The smallest absolute Gasteiger partial charge is 0.321 e. The summed E-state index contributed by atoms with van der Waals surface area (Å²) >= 11 is 0. The highest BCUT2D eigenvalue weighted by Crippen LogP contribution is 2.37. The molecule has 29 heavy (non-hydrogen) atoms. The van der Waals surface area contributed by atoms with Gasteiger partial charge in [0.2, 0.25) is 0 Å². The minimum atomic E-state index is -0.0102. The molecule has 5 heteroatoms. The zero-order valence-electron chi connectivity index (χ0n) is 16.3. The fourth-order valence-electron chi connectivity index (χ4n) is 4.28. The summed E-state index contributed by atoms with van der Waals surface area (Å²) < 4.78 is 0. The van der Waals surface area contributed by atoms with Crippen LogP contribution in [0, 0.1) is 0 Å². The molecule has 0 unspecified atom stereocenters. The first-order valence-electron chi connectivity index (χ1n) is 10.1. The van der Waals surface area contributed by atoms with Gasteiger partial charge in [0.1, 0.15) is 0 Å². The van der Waals surface area contributed by atoms with Gasteiger partial charge in [-0.15, -0.1) is 0 Å². The number of carbonyl (C=O) groups excluding carboxylic acids is 1. The summed E-state index contributed by atoms with van der Waals surface area (Å²) in [5, 5.41) is 3.09. The predicted molar refractivity (Wildman–Crippen MR) is 115 cm³/mol. The molecule has 0 bridgehead atoms. The molecule has 1 aromatic heterocycles. The van der Waals surface area contributed by atoms with E-state index in [4.69, 9.17) is 0 Å². The summed E-state index contributed by atoms with van der Waals surface area (Å²) in [4.78, 5) is 21.1. The molecule has 2 aliphatic rings. The predicted octanol–water partition coefficient (Wildman–Crippen LogP) is 4.00. The zero-order valence-corrected chi connectivity index (χ0v) is 16.3. The third-order valence-corrected chi connectivity index (χ3v) is 5.86. The van der Waals surface area contributed by atoms with Gasteiger partial charge in [-0.3, -0.25) is 9.88 Å². The van der Waals surface area contributed by atoms with Crippen LogP contribution in [0.2, 0.25) is 0 Å². The maximum Gasteiger partial charge on any atom is 0.321 e. The van der Waals surface area contributed by atoms with Crippen molar-refractivity contribution in [1.82, 2.24) is 14.8 Å². The molecule has 146 valence electrons. The molecule has 2 amide bonds. The number of hydrogen-bond acceptors (Lipinski definition) is 3. The average Bonchev–Trinajstić information content (AvgIpc) is 3.13. The first kappa shape index (κ1) is 17.9. The molecule has 1 fully saturated rings. The Morgan fingerprint density at radius 2 is 1.66 bits per heavy atom. The Balaban J connectivity index is 1.18. The van der Waals surface area contributed by atoms with Crippen LogP contribution in [0.4, 0.5) is 10.5 Å². The highest BCUT2D eigenvalue weighted by Gasteiger charge is 2.22. The van der Waals surface area contributed by atoms with Gasteiger partial charge in [-0.2, -0.15) is 0 Å². The van der Waals surface area contributed by atoms with Gasteiger partial charge < -0.3 is 10.2 Å². The molecule has 5 rings (SSSR count). The number of rotatable bonds is 3. The van der Waals surface area contributed by atoms with Crippen molar-refractivity contribution in [3.63, 3.8) is 0 Å². The van der Waals surface area contributed by atoms with Crippen LogP contribution in [0.5, 0.6) is 0 Å². The van der Waals surface area contributed by atoms with Crippen LogP contribution in [0.3, 0.4) is 0 Å². The van der Waals surface area contributed by atoms with Crippen LogP contribution in [0.15, 0.2) is 67.0 Å². The topological polar surface area (TPSA) is 48.5 Å². The number of anilines is 1. The summed E-state index contributed by atoms with van der Waals surface area (Å²) in [7, 11) is 0. The third-order valence-electron chi connectivity index (χ3n) is 5.86. The lowest BCUT2D eigenvalue weighted by Crippen LogP contribution is -2.49. The standard InChI is InChI=1S/C24H24N4O/c29-24(28-13-11-27(12-14-28)17-18-7-9-25-10-8-18)26-21-5-6-23-20(16-21)15-19-3-1-2-4-22(19)23/h1-10,16H,11-15,17H2,(H,26,29). The molecule has 0 atom stereocenters. The quantitative estimate of drug-likeness (QED) is 0.581. The molecule has 0 radical (unpaired) electrons. The van der Waals surface area contributed by atoms with Gasteiger partial charge in [-0.25, -0.2) is 4.79 Å². The largest absolute Gasteiger partial charge is 0.322 e. The number of carbonyl (C=O) groups is 1. The Kier molecular flexibility index (Phi) is 4.74. The molecular formula is C24H24N4O. The van der Waals surface area contributed by atoms with E-state index in [9.17, 15) is 4.79 Å². The van der Waals surface area contributed by atoms with Gasteiger partial charge in [0.05, 0.1) is 0 Å². The second kappa shape index (κ2) is 7.68. The van der Waals surface area contributed by atoms with E-state index >= 15 is 0 Å². The summed E-state index contributed by atoms with van der Waals surface area (Å²) in [6.07, 6.45) is 4.59. The number of nitrogens with one attached hydrogen (secondary N) is 1. The summed E-state index contributed by atoms with van der Waals surface area (Å²) in [5.74, 6) is 0. The Morgan fingerprint density at radius 1 is 0.897 bits per heavy atom. The summed E-state index contributed by atoms with van der Waals surface area (Å²) in [5.41, 5.74) is 7.37. The first-order chi connectivity index (χ1) is 14.3. The highest BCUT2D eigenvalue weighted by molar-refractivity contribution is 5.90. The summed E-state index contributed by atoms with van der Waals surface area (Å²) in [6, 6.07) is 18.9. The van der Waals surface area contributed by atoms with Gasteiger partial charge >= 0.3 is 6.03 Å². The Labute approximate surface area is 171 Å². The molecule has 0 saturated carbocycles. The number of piperazine rings is 1. The van der Waals surface area contributed by atoms with E-state index in [0.29, 0.717) is 0 Å². The van der Waals surface area contributed by atoms with Gasteiger partial charge in [0.15, 0.2) is 0 Å². The second-order valence-electron chi connectivity index (χ2n) is 7.75.